The molecule has 18 heavy (non-hydrogen) atoms. The molecule has 0 heterocycles. The number of halogens is 1. The highest BCUT2D eigenvalue weighted by molar-refractivity contribution is 9.10. The highest BCUT2D eigenvalue weighted by Gasteiger charge is 2.66. The molecule has 0 radical (unpaired) electrons. The van der Waals surface area contributed by atoms with Crippen molar-refractivity contribution in [3.63, 3.8) is 0 Å². The zero-order valence-corrected chi connectivity index (χ0v) is 12.6. The summed E-state index contributed by atoms with van der Waals surface area (Å²) in [5.41, 5.74) is 1.15. The average molecular weight is 331 g/mol. The standard InChI is InChI=1S/C13H15BrO3S/c1-10-2-4-11(5-3-10)18(15,16)17-9-12-6-13(14,7-12)8-12/h2-5H,6-9H2,1H3. The SMILES string of the molecule is Cc1ccc(S(=O)(=O)OCC23CC(Br)(C2)C3)cc1. The van der Waals surface area contributed by atoms with Crippen LogP contribution in [0.5, 0.6) is 0 Å². The molecule has 2 bridgehead atoms. The minimum atomic E-state index is -3.60. The second kappa shape index (κ2) is 3.81. The van der Waals surface area contributed by atoms with Gasteiger partial charge in [-0.15, -0.1) is 0 Å². The third-order valence-electron chi connectivity index (χ3n) is 3.91. The molecule has 1 aromatic carbocycles. The van der Waals surface area contributed by atoms with E-state index in [4.69, 9.17) is 4.18 Å². The molecular formula is C13H15BrO3S. The minimum absolute atomic E-state index is 0.112. The van der Waals surface area contributed by atoms with Crippen LogP contribution < -0.4 is 0 Å². The summed E-state index contributed by atoms with van der Waals surface area (Å²) >= 11 is 3.63. The first kappa shape index (κ1) is 12.6. The number of aryl methyl sites for hydroxylation is 1. The van der Waals surface area contributed by atoms with Gasteiger partial charge in [0.15, 0.2) is 0 Å². The van der Waals surface area contributed by atoms with Crippen molar-refractivity contribution in [3.8, 4) is 0 Å². The molecule has 0 amide bonds. The lowest BCUT2D eigenvalue weighted by atomic mass is 9.44. The van der Waals surface area contributed by atoms with E-state index in [9.17, 15) is 8.42 Å². The largest absolute Gasteiger partial charge is 0.296 e. The molecule has 3 saturated carbocycles. The molecule has 98 valence electrons. The quantitative estimate of drug-likeness (QED) is 0.629. The van der Waals surface area contributed by atoms with Crippen LogP contribution in [0.2, 0.25) is 0 Å². The van der Waals surface area contributed by atoms with E-state index >= 15 is 0 Å². The third-order valence-corrected chi connectivity index (χ3v) is 6.02. The Balaban J connectivity index is 1.66. The van der Waals surface area contributed by atoms with Gasteiger partial charge in [-0.1, -0.05) is 33.6 Å². The predicted octanol–water partition coefficient (Wildman–Crippen LogP) is 3.02. The number of hydrogen-bond acceptors (Lipinski definition) is 3. The lowest BCUT2D eigenvalue weighted by molar-refractivity contribution is -0.0990. The summed E-state index contributed by atoms with van der Waals surface area (Å²) < 4.78 is 29.5. The van der Waals surface area contributed by atoms with Crippen molar-refractivity contribution in [2.24, 2.45) is 5.41 Å². The normalized spacial score (nSPS) is 33.7. The molecule has 0 atom stereocenters. The van der Waals surface area contributed by atoms with Crippen LogP contribution in [-0.4, -0.2) is 19.3 Å². The molecule has 0 spiro atoms. The summed E-state index contributed by atoms with van der Waals surface area (Å²) in [7, 11) is -3.60. The molecule has 0 aliphatic heterocycles. The predicted molar refractivity (Wildman–Crippen MR) is 72.3 cm³/mol. The van der Waals surface area contributed by atoms with Gasteiger partial charge in [0.05, 0.1) is 11.5 Å². The third kappa shape index (κ3) is 2.02. The lowest BCUT2D eigenvalue weighted by Gasteiger charge is -2.67. The van der Waals surface area contributed by atoms with Crippen molar-refractivity contribution in [1.29, 1.82) is 0 Å². The van der Waals surface area contributed by atoms with Gasteiger partial charge in [0.25, 0.3) is 10.1 Å². The maximum atomic E-state index is 12.0. The fourth-order valence-corrected chi connectivity index (χ4v) is 5.78. The van der Waals surface area contributed by atoms with Crippen molar-refractivity contribution in [1.82, 2.24) is 0 Å². The van der Waals surface area contributed by atoms with Gasteiger partial charge in [-0.05, 0) is 43.7 Å². The van der Waals surface area contributed by atoms with E-state index in [2.05, 4.69) is 15.9 Å². The van der Waals surface area contributed by atoms with Crippen LogP contribution in [0, 0.1) is 12.3 Å². The highest BCUT2D eigenvalue weighted by atomic mass is 79.9. The fourth-order valence-electron chi connectivity index (χ4n) is 2.99. The Hall–Kier alpha value is -0.390. The van der Waals surface area contributed by atoms with E-state index in [0.717, 1.165) is 24.8 Å². The zero-order valence-electron chi connectivity index (χ0n) is 10.1. The maximum absolute atomic E-state index is 12.0. The number of hydrogen-bond donors (Lipinski definition) is 0. The molecule has 0 N–H and O–H groups in total. The van der Waals surface area contributed by atoms with Crippen LogP contribution >= 0.6 is 15.9 Å². The van der Waals surface area contributed by atoms with E-state index in [-0.39, 0.29) is 10.3 Å². The molecule has 1 aromatic rings. The molecule has 4 rings (SSSR count). The first-order chi connectivity index (χ1) is 8.33. The summed E-state index contributed by atoms with van der Waals surface area (Å²) in [6.45, 7) is 2.24. The molecule has 3 fully saturated rings. The van der Waals surface area contributed by atoms with Crippen molar-refractivity contribution in [3.05, 3.63) is 29.8 Å². The van der Waals surface area contributed by atoms with Gasteiger partial charge in [0.1, 0.15) is 0 Å². The zero-order chi connectivity index (χ0) is 13.0. The number of benzene rings is 1. The van der Waals surface area contributed by atoms with Gasteiger partial charge >= 0.3 is 0 Å². The fraction of sp³-hybridized carbons (Fsp3) is 0.538. The van der Waals surface area contributed by atoms with Crippen LogP contribution in [-0.2, 0) is 14.3 Å². The van der Waals surface area contributed by atoms with Gasteiger partial charge in [-0.2, -0.15) is 8.42 Å². The second-order valence-corrected chi connectivity index (χ2v) is 9.01. The molecule has 0 unspecified atom stereocenters. The summed E-state index contributed by atoms with van der Waals surface area (Å²) in [4.78, 5) is 0.244. The van der Waals surface area contributed by atoms with Crippen molar-refractivity contribution >= 4 is 26.0 Å². The maximum Gasteiger partial charge on any atom is 0.296 e. The van der Waals surface area contributed by atoms with Crippen LogP contribution in [0.3, 0.4) is 0 Å². The van der Waals surface area contributed by atoms with Crippen LogP contribution in [0.4, 0.5) is 0 Å². The smallest absolute Gasteiger partial charge is 0.266 e. The Morgan fingerprint density at radius 3 is 2.28 bits per heavy atom. The first-order valence-corrected chi connectivity index (χ1v) is 8.18. The van der Waals surface area contributed by atoms with Crippen molar-refractivity contribution in [2.45, 2.75) is 35.4 Å². The van der Waals surface area contributed by atoms with Crippen LogP contribution in [0.15, 0.2) is 29.2 Å². The van der Waals surface area contributed by atoms with E-state index < -0.39 is 10.1 Å². The highest BCUT2D eigenvalue weighted by Crippen LogP contribution is 2.71. The van der Waals surface area contributed by atoms with Gasteiger partial charge in [-0.25, -0.2) is 0 Å². The molecule has 5 heteroatoms. The monoisotopic (exact) mass is 330 g/mol. The first-order valence-electron chi connectivity index (χ1n) is 5.98. The Kier molecular flexibility index (Phi) is 2.67. The number of alkyl halides is 1. The lowest BCUT2D eigenvalue weighted by Crippen LogP contribution is -2.65. The Morgan fingerprint density at radius 1 is 1.22 bits per heavy atom. The van der Waals surface area contributed by atoms with Crippen molar-refractivity contribution in [2.75, 3.05) is 6.61 Å². The number of rotatable bonds is 4. The Bertz CT molecular complexity index is 557. The second-order valence-electron chi connectivity index (χ2n) is 5.71. The van der Waals surface area contributed by atoms with Crippen molar-refractivity contribution < 1.29 is 12.6 Å². The molecular weight excluding hydrogens is 316 g/mol. The van der Waals surface area contributed by atoms with Gasteiger partial charge in [-0.3, -0.25) is 4.18 Å². The van der Waals surface area contributed by atoms with E-state index in [1.807, 2.05) is 6.92 Å². The van der Waals surface area contributed by atoms with E-state index in [0.29, 0.717) is 10.9 Å². The van der Waals surface area contributed by atoms with E-state index in [1.165, 1.54) is 0 Å². The van der Waals surface area contributed by atoms with Gasteiger partial charge in [0, 0.05) is 4.32 Å². The molecule has 3 nitrogen and oxygen atoms in total. The summed E-state index contributed by atoms with van der Waals surface area (Å²) in [6, 6.07) is 6.76. The van der Waals surface area contributed by atoms with Gasteiger partial charge < -0.3 is 0 Å². The van der Waals surface area contributed by atoms with Gasteiger partial charge in [0.2, 0.25) is 0 Å². The van der Waals surface area contributed by atoms with E-state index in [1.54, 1.807) is 24.3 Å². The topological polar surface area (TPSA) is 43.4 Å². The Morgan fingerprint density at radius 2 is 1.78 bits per heavy atom. The summed E-state index contributed by atoms with van der Waals surface area (Å²) in [5.74, 6) is 0. The molecule has 3 aliphatic rings. The Labute approximate surface area is 116 Å². The summed E-state index contributed by atoms with van der Waals surface area (Å²) in [5, 5.41) is 0. The van der Waals surface area contributed by atoms with Crippen LogP contribution in [0.25, 0.3) is 0 Å². The van der Waals surface area contributed by atoms with Crippen LogP contribution in [0.1, 0.15) is 24.8 Å². The molecule has 0 aromatic heterocycles. The molecule has 3 aliphatic carbocycles. The average Bonchev–Trinajstić information content (AvgIpc) is 2.22. The minimum Gasteiger partial charge on any atom is -0.266 e. The molecule has 0 saturated heterocycles. The summed E-state index contributed by atoms with van der Waals surface area (Å²) in [6.07, 6.45) is 3.09.